The predicted molar refractivity (Wildman–Crippen MR) is 64.7 cm³/mol. The van der Waals surface area contributed by atoms with Crippen LogP contribution in [0.1, 0.15) is 5.82 Å². The summed E-state index contributed by atoms with van der Waals surface area (Å²) in [5, 5.41) is 0. The van der Waals surface area contributed by atoms with Gasteiger partial charge in [0.1, 0.15) is 16.5 Å². The minimum atomic E-state index is -3.60. The second-order valence-corrected chi connectivity index (χ2v) is 5.15. The lowest BCUT2D eigenvalue weighted by atomic mass is 10.5. The molecule has 0 bridgehead atoms. The van der Waals surface area contributed by atoms with Crippen LogP contribution < -0.4 is 16.0 Å². The van der Waals surface area contributed by atoms with Crippen LogP contribution >= 0.6 is 0 Å². The highest BCUT2D eigenvalue weighted by Gasteiger charge is 2.14. The van der Waals surface area contributed by atoms with Gasteiger partial charge >= 0.3 is 0 Å². The van der Waals surface area contributed by atoms with E-state index in [0.717, 1.165) is 0 Å². The maximum atomic E-state index is 11.9. The van der Waals surface area contributed by atoms with E-state index in [1.54, 1.807) is 12.4 Å². The van der Waals surface area contributed by atoms with Crippen molar-refractivity contribution >= 4 is 15.8 Å². The van der Waals surface area contributed by atoms with Crippen LogP contribution in [0.25, 0.3) is 0 Å². The molecule has 0 aliphatic rings. The third-order valence-electron chi connectivity index (χ3n) is 2.18. The molecule has 0 saturated carbocycles. The molecule has 2 rings (SSSR count). The Morgan fingerprint density at radius 1 is 1.33 bits per heavy atom. The van der Waals surface area contributed by atoms with Gasteiger partial charge in [0.25, 0.3) is 0 Å². The van der Waals surface area contributed by atoms with Gasteiger partial charge in [0, 0.05) is 18.6 Å². The summed E-state index contributed by atoms with van der Waals surface area (Å²) in [6.45, 7) is 0.0895. The van der Waals surface area contributed by atoms with Crippen LogP contribution in [-0.4, -0.2) is 23.4 Å². The van der Waals surface area contributed by atoms with Crippen molar-refractivity contribution in [2.24, 2.45) is 5.84 Å². The summed E-state index contributed by atoms with van der Waals surface area (Å²) in [6.07, 6.45) is 4.39. The molecule has 0 atom stereocenters. The molecule has 2 aromatic rings. The van der Waals surface area contributed by atoms with E-state index < -0.39 is 10.0 Å². The maximum Gasteiger partial charge on any atom is 0.242 e. The summed E-state index contributed by atoms with van der Waals surface area (Å²) in [5.74, 6) is 6.06. The number of nitrogens with one attached hydrogen (secondary N) is 3. The standard InChI is InChI=1S/C9H12N6O2S/c10-15-8-2-1-7(5-13-8)18(16,17)14-6-9-11-3-4-12-9/h1-5,14H,6,10H2,(H,11,12)(H,13,15). The summed E-state index contributed by atoms with van der Waals surface area (Å²) < 4.78 is 26.2. The monoisotopic (exact) mass is 268 g/mol. The highest BCUT2D eigenvalue weighted by molar-refractivity contribution is 7.89. The van der Waals surface area contributed by atoms with Crippen molar-refractivity contribution in [2.75, 3.05) is 5.43 Å². The smallest absolute Gasteiger partial charge is 0.242 e. The number of aromatic amines is 1. The Bertz CT molecular complexity index is 592. The van der Waals surface area contributed by atoms with Gasteiger partial charge in [-0.3, -0.25) is 0 Å². The van der Waals surface area contributed by atoms with E-state index in [-0.39, 0.29) is 11.4 Å². The van der Waals surface area contributed by atoms with Crippen LogP contribution in [0.3, 0.4) is 0 Å². The molecule has 0 amide bonds. The minimum absolute atomic E-state index is 0.0630. The molecule has 9 heteroatoms. The van der Waals surface area contributed by atoms with Gasteiger partial charge in [-0.05, 0) is 12.1 Å². The molecule has 2 heterocycles. The van der Waals surface area contributed by atoms with Crippen molar-refractivity contribution in [3.05, 3.63) is 36.5 Å². The van der Waals surface area contributed by atoms with Gasteiger partial charge in [0.2, 0.25) is 10.0 Å². The molecule has 96 valence electrons. The molecule has 0 aliphatic heterocycles. The number of aromatic nitrogens is 3. The molecule has 0 saturated heterocycles. The minimum Gasteiger partial charge on any atom is -0.347 e. The normalized spacial score (nSPS) is 11.4. The van der Waals surface area contributed by atoms with Crippen molar-refractivity contribution in [1.82, 2.24) is 19.7 Å². The van der Waals surface area contributed by atoms with E-state index in [4.69, 9.17) is 5.84 Å². The van der Waals surface area contributed by atoms with Crippen LogP contribution in [0.5, 0.6) is 0 Å². The SMILES string of the molecule is NNc1ccc(S(=O)(=O)NCc2ncc[nH]2)cn1. The third-order valence-corrected chi connectivity index (χ3v) is 3.57. The van der Waals surface area contributed by atoms with Crippen molar-refractivity contribution in [3.8, 4) is 0 Å². The van der Waals surface area contributed by atoms with Crippen LogP contribution in [0.2, 0.25) is 0 Å². The summed E-state index contributed by atoms with van der Waals surface area (Å²) >= 11 is 0. The average Bonchev–Trinajstić information content (AvgIpc) is 2.90. The largest absolute Gasteiger partial charge is 0.347 e. The van der Waals surface area contributed by atoms with Gasteiger partial charge in [0.05, 0.1) is 6.54 Å². The molecular formula is C9H12N6O2S. The second kappa shape index (κ2) is 5.12. The molecule has 8 nitrogen and oxygen atoms in total. The number of sulfonamides is 1. The number of H-pyrrole nitrogens is 1. The molecule has 2 aromatic heterocycles. The second-order valence-electron chi connectivity index (χ2n) is 3.38. The molecule has 0 fully saturated rings. The zero-order valence-electron chi connectivity index (χ0n) is 9.29. The summed E-state index contributed by atoms with van der Waals surface area (Å²) in [7, 11) is -3.60. The fraction of sp³-hybridized carbons (Fsp3) is 0.111. The quantitative estimate of drug-likeness (QED) is 0.430. The summed E-state index contributed by atoms with van der Waals surface area (Å²) in [4.78, 5) is 10.6. The Kier molecular flexibility index (Phi) is 3.55. The molecule has 0 aliphatic carbocycles. The van der Waals surface area contributed by atoms with E-state index in [2.05, 4.69) is 25.1 Å². The van der Waals surface area contributed by atoms with Gasteiger partial charge in [-0.1, -0.05) is 0 Å². The first-order chi connectivity index (χ1) is 8.62. The van der Waals surface area contributed by atoms with Crippen LogP contribution in [-0.2, 0) is 16.6 Å². The maximum absolute atomic E-state index is 11.9. The van der Waals surface area contributed by atoms with E-state index >= 15 is 0 Å². The Balaban J connectivity index is 2.09. The van der Waals surface area contributed by atoms with Crippen LogP contribution in [0.4, 0.5) is 5.82 Å². The molecule has 0 radical (unpaired) electrons. The van der Waals surface area contributed by atoms with Gasteiger partial charge in [-0.25, -0.2) is 29.0 Å². The van der Waals surface area contributed by atoms with Gasteiger partial charge < -0.3 is 10.4 Å². The highest BCUT2D eigenvalue weighted by Crippen LogP contribution is 2.09. The number of pyridine rings is 1. The molecule has 0 spiro atoms. The highest BCUT2D eigenvalue weighted by atomic mass is 32.2. The number of anilines is 1. The number of hydrazine groups is 1. The predicted octanol–water partition coefficient (Wildman–Crippen LogP) is -0.431. The van der Waals surface area contributed by atoms with E-state index in [1.807, 2.05) is 0 Å². The molecule has 0 unspecified atom stereocenters. The lowest BCUT2D eigenvalue weighted by Crippen LogP contribution is -2.24. The van der Waals surface area contributed by atoms with Gasteiger partial charge in [-0.15, -0.1) is 0 Å². The van der Waals surface area contributed by atoms with E-state index in [0.29, 0.717) is 11.6 Å². The Labute approximate surface area is 104 Å². The Hall–Kier alpha value is -1.97. The lowest BCUT2D eigenvalue weighted by molar-refractivity contribution is 0.579. The zero-order chi connectivity index (χ0) is 13.0. The first-order valence-electron chi connectivity index (χ1n) is 5.02. The number of imidazole rings is 1. The number of nitrogen functional groups attached to an aromatic ring is 1. The van der Waals surface area contributed by atoms with Crippen LogP contribution in [0.15, 0.2) is 35.6 Å². The fourth-order valence-electron chi connectivity index (χ4n) is 1.27. The first-order valence-corrected chi connectivity index (χ1v) is 6.51. The van der Waals surface area contributed by atoms with E-state index in [1.165, 1.54) is 18.3 Å². The Morgan fingerprint density at radius 2 is 2.17 bits per heavy atom. The number of hydrogen-bond donors (Lipinski definition) is 4. The molecule has 18 heavy (non-hydrogen) atoms. The van der Waals surface area contributed by atoms with Crippen molar-refractivity contribution in [3.63, 3.8) is 0 Å². The number of nitrogens with two attached hydrogens (primary N) is 1. The number of hydrogen-bond acceptors (Lipinski definition) is 6. The molecule has 5 N–H and O–H groups in total. The summed E-state index contributed by atoms with van der Waals surface area (Å²) in [6, 6.07) is 2.88. The number of rotatable bonds is 5. The van der Waals surface area contributed by atoms with Crippen molar-refractivity contribution in [1.29, 1.82) is 0 Å². The Morgan fingerprint density at radius 3 is 2.72 bits per heavy atom. The van der Waals surface area contributed by atoms with Crippen LogP contribution in [0, 0.1) is 0 Å². The zero-order valence-corrected chi connectivity index (χ0v) is 10.1. The fourth-order valence-corrected chi connectivity index (χ4v) is 2.20. The van der Waals surface area contributed by atoms with E-state index in [9.17, 15) is 8.42 Å². The number of nitrogens with zero attached hydrogens (tertiary/aromatic N) is 2. The van der Waals surface area contributed by atoms with Gasteiger partial charge in [-0.2, -0.15) is 0 Å². The summed E-state index contributed by atoms with van der Waals surface area (Å²) in [5.41, 5.74) is 2.32. The topological polar surface area (TPSA) is 126 Å². The average molecular weight is 268 g/mol. The van der Waals surface area contributed by atoms with Crippen molar-refractivity contribution in [2.45, 2.75) is 11.4 Å². The molecule has 0 aromatic carbocycles. The lowest BCUT2D eigenvalue weighted by Gasteiger charge is -2.05. The third kappa shape index (κ3) is 2.83. The first kappa shape index (κ1) is 12.5. The van der Waals surface area contributed by atoms with Crippen molar-refractivity contribution < 1.29 is 8.42 Å². The van der Waals surface area contributed by atoms with Gasteiger partial charge in [0.15, 0.2) is 0 Å². The molecular weight excluding hydrogens is 256 g/mol.